The van der Waals surface area contributed by atoms with Crippen LogP contribution in [0.5, 0.6) is 17.2 Å². The molecule has 9 heteroatoms. The fourth-order valence-corrected chi connectivity index (χ4v) is 2.19. The number of hydrogen-bond acceptors (Lipinski definition) is 7. The summed E-state index contributed by atoms with van der Waals surface area (Å²) in [6.45, 7) is 0. The third-order valence-electron chi connectivity index (χ3n) is 2.80. The molecule has 1 aromatic carbocycles. The summed E-state index contributed by atoms with van der Waals surface area (Å²) < 4.78 is 10.8. The van der Waals surface area contributed by atoms with E-state index in [9.17, 15) is 5.11 Å². The Balaban J connectivity index is 2.38. The molecule has 0 atom stereocenters. The second-order valence-corrected chi connectivity index (χ2v) is 4.97. The molecule has 0 fully saturated rings. The molecular formula is C15H13Cl2N3O4. The largest absolute Gasteiger partial charge is 0.515 e. The van der Waals surface area contributed by atoms with Gasteiger partial charge in [-0.3, -0.25) is 10.7 Å². The Morgan fingerprint density at radius 3 is 2.33 bits per heavy atom. The third-order valence-corrected chi connectivity index (χ3v) is 3.31. The van der Waals surface area contributed by atoms with E-state index in [4.69, 9.17) is 37.9 Å². The van der Waals surface area contributed by atoms with Gasteiger partial charge >= 0.3 is 0 Å². The van der Waals surface area contributed by atoms with Gasteiger partial charge in [0.05, 0.1) is 18.9 Å². The highest BCUT2D eigenvalue weighted by Crippen LogP contribution is 2.38. The molecule has 3 N–H and O–H groups in total. The van der Waals surface area contributed by atoms with Crippen LogP contribution in [0.2, 0.25) is 10.3 Å². The first-order valence-electron chi connectivity index (χ1n) is 6.55. The molecule has 0 amide bonds. The van der Waals surface area contributed by atoms with Gasteiger partial charge in [0.2, 0.25) is 5.75 Å². The maximum atomic E-state index is 9.22. The Bertz CT molecular complexity index is 758. The number of rotatable bonds is 6. The number of para-hydroxylation sites is 2. The molecular weight excluding hydrogens is 357 g/mol. The molecule has 0 aliphatic carbocycles. The average molecular weight is 370 g/mol. The number of benzene rings is 1. The zero-order valence-corrected chi connectivity index (χ0v) is 13.9. The Morgan fingerprint density at radius 1 is 1.17 bits per heavy atom. The summed E-state index contributed by atoms with van der Waals surface area (Å²) in [4.78, 5) is 8.05. The molecule has 0 spiro atoms. The molecule has 0 saturated carbocycles. The molecule has 0 unspecified atom stereocenters. The van der Waals surface area contributed by atoms with Crippen molar-refractivity contribution in [3.63, 3.8) is 0 Å². The monoisotopic (exact) mass is 369 g/mol. The second-order valence-electron chi connectivity index (χ2n) is 4.26. The van der Waals surface area contributed by atoms with E-state index in [1.165, 1.54) is 13.2 Å². The van der Waals surface area contributed by atoms with Crippen molar-refractivity contribution in [2.45, 2.75) is 0 Å². The number of aromatic nitrogens is 2. The standard InChI is InChI=1S/C15H13Cl2N3O4/c1-23-10-4-2-3-5-11(10)24-12-13(16)19-15(20-14(12)17)9(8-21)6-7-18-22/h2-8,18,21-22H,1H3/b7-6-,9-8+. The van der Waals surface area contributed by atoms with Gasteiger partial charge in [-0.15, -0.1) is 0 Å². The van der Waals surface area contributed by atoms with Crippen LogP contribution in [0.1, 0.15) is 5.82 Å². The summed E-state index contributed by atoms with van der Waals surface area (Å²) >= 11 is 12.2. The van der Waals surface area contributed by atoms with E-state index >= 15 is 0 Å². The lowest BCUT2D eigenvalue weighted by Crippen LogP contribution is -2.00. The summed E-state index contributed by atoms with van der Waals surface area (Å²) in [6.07, 6.45) is 3.23. The number of methoxy groups -OCH3 is 1. The van der Waals surface area contributed by atoms with Crippen LogP contribution < -0.4 is 15.0 Å². The normalized spacial score (nSPS) is 11.6. The van der Waals surface area contributed by atoms with Crippen LogP contribution in [0.25, 0.3) is 5.57 Å². The minimum absolute atomic E-state index is 0.0476. The Morgan fingerprint density at radius 2 is 1.79 bits per heavy atom. The van der Waals surface area contributed by atoms with Gasteiger partial charge in [-0.25, -0.2) is 9.97 Å². The number of hydroxylamine groups is 1. The van der Waals surface area contributed by atoms with Crippen LogP contribution in [-0.2, 0) is 0 Å². The highest BCUT2D eigenvalue weighted by molar-refractivity contribution is 6.35. The van der Waals surface area contributed by atoms with Crippen LogP contribution in [0.15, 0.2) is 42.8 Å². The Labute approximate surface area is 147 Å². The first kappa shape index (κ1) is 17.9. The summed E-state index contributed by atoms with van der Waals surface area (Å²) in [5, 5.41) is 17.7. The van der Waals surface area contributed by atoms with Crippen LogP contribution >= 0.6 is 23.2 Å². The maximum absolute atomic E-state index is 9.22. The van der Waals surface area contributed by atoms with E-state index in [0.717, 1.165) is 12.5 Å². The first-order chi connectivity index (χ1) is 11.6. The van der Waals surface area contributed by atoms with Gasteiger partial charge in [0.25, 0.3) is 0 Å². The minimum Gasteiger partial charge on any atom is -0.515 e. The number of hydrogen-bond donors (Lipinski definition) is 3. The molecule has 2 rings (SSSR count). The lowest BCUT2D eigenvalue weighted by molar-refractivity contribution is 0.214. The second kappa shape index (κ2) is 8.39. The van der Waals surface area contributed by atoms with E-state index in [1.807, 2.05) is 0 Å². The van der Waals surface area contributed by atoms with Crippen molar-refractivity contribution in [2.75, 3.05) is 7.11 Å². The first-order valence-corrected chi connectivity index (χ1v) is 7.31. The molecule has 0 radical (unpaired) electrons. The topological polar surface area (TPSA) is 96.7 Å². The summed E-state index contributed by atoms with van der Waals surface area (Å²) in [5.74, 6) is 0.976. The van der Waals surface area contributed by atoms with Gasteiger partial charge in [0, 0.05) is 6.20 Å². The fraction of sp³-hybridized carbons (Fsp3) is 0.0667. The minimum atomic E-state index is -0.0550. The quantitative estimate of drug-likeness (QED) is 0.306. The third kappa shape index (κ3) is 4.08. The summed E-state index contributed by atoms with van der Waals surface area (Å²) in [7, 11) is 1.50. The zero-order valence-electron chi connectivity index (χ0n) is 12.4. The molecule has 0 aliphatic rings. The van der Waals surface area contributed by atoms with Gasteiger partial charge in [-0.05, 0) is 18.2 Å². The molecule has 2 aromatic rings. The van der Waals surface area contributed by atoms with Crippen molar-refractivity contribution in [3.8, 4) is 17.2 Å². The average Bonchev–Trinajstić information content (AvgIpc) is 2.59. The van der Waals surface area contributed by atoms with Crippen molar-refractivity contribution in [2.24, 2.45) is 0 Å². The van der Waals surface area contributed by atoms with Gasteiger partial charge < -0.3 is 14.6 Å². The van der Waals surface area contributed by atoms with E-state index in [0.29, 0.717) is 11.5 Å². The SMILES string of the molecule is COc1ccccc1Oc1c(Cl)nc(C(/C=C\NO)=C/O)nc1Cl. The van der Waals surface area contributed by atoms with Gasteiger partial charge in [0.1, 0.15) is 0 Å². The number of nitrogens with zero attached hydrogens (tertiary/aromatic N) is 2. The van der Waals surface area contributed by atoms with E-state index in [2.05, 4.69) is 9.97 Å². The van der Waals surface area contributed by atoms with Crippen molar-refractivity contribution in [3.05, 3.63) is 58.9 Å². The predicted octanol–water partition coefficient (Wildman–Crippen LogP) is 3.98. The highest BCUT2D eigenvalue weighted by atomic mass is 35.5. The highest BCUT2D eigenvalue weighted by Gasteiger charge is 2.17. The van der Waals surface area contributed by atoms with Crippen molar-refractivity contribution in [1.29, 1.82) is 0 Å². The van der Waals surface area contributed by atoms with E-state index < -0.39 is 0 Å². The van der Waals surface area contributed by atoms with Crippen molar-refractivity contribution in [1.82, 2.24) is 15.4 Å². The predicted molar refractivity (Wildman–Crippen MR) is 89.8 cm³/mol. The van der Waals surface area contributed by atoms with Gasteiger partial charge in [0.15, 0.2) is 27.6 Å². The molecule has 0 saturated heterocycles. The van der Waals surface area contributed by atoms with E-state index in [-0.39, 0.29) is 27.5 Å². The van der Waals surface area contributed by atoms with Crippen molar-refractivity contribution < 1.29 is 19.8 Å². The molecule has 24 heavy (non-hydrogen) atoms. The number of aliphatic hydroxyl groups is 1. The number of ether oxygens (including phenoxy) is 2. The molecule has 0 aliphatic heterocycles. The molecule has 1 aromatic heterocycles. The molecule has 126 valence electrons. The van der Waals surface area contributed by atoms with Crippen LogP contribution in [-0.4, -0.2) is 27.4 Å². The van der Waals surface area contributed by atoms with Gasteiger partial charge in [-0.1, -0.05) is 35.3 Å². The Kier molecular flexibility index (Phi) is 6.25. The number of allylic oxidation sites excluding steroid dienone is 2. The smallest absolute Gasteiger partial charge is 0.202 e. The molecule has 7 nitrogen and oxygen atoms in total. The van der Waals surface area contributed by atoms with Crippen LogP contribution in [0.3, 0.4) is 0 Å². The lowest BCUT2D eigenvalue weighted by atomic mass is 10.2. The maximum Gasteiger partial charge on any atom is 0.202 e. The Hall–Kier alpha value is -2.48. The molecule has 0 bridgehead atoms. The molecule has 1 heterocycles. The lowest BCUT2D eigenvalue weighted by Gasteiger charge is -2.12. The van der Waals surface area contributed by atoms with Crippen molar-refractivity contribution >= 4 is 28.8 Å². The number of aliphatic hydroxyl groups excluding tert-OH is 1. The summed E-state index contributed by atoms with van der Waals surface area (Å²) in [6, 6.07) is 6.93. The van der Waals surface area contributed by atoms with Gasteiger partial charge in [-0.2, -0.15) is 0 Å². The van der Waals surface area contributed by atoms with Crippen LogP contribution in [0, 0.1) is 0 Å². The zero-order chi connectivity index (χ0) is 17.5. The van der Waals surface area contributed by atoms with E-state index in [1.54, 1.807) is 29.7 Å². The van der Waals surface area contributed by atoms with Crippen LogP contribution in [0.4, 0.5) is 0 Å². The summed E-state index contributed by atoms with van der Waals surface area (Å²) in [5.41, 5.74) is 1.97. The number of nitrogens with one attached hydrogen (secondary N) is 1. The fourth-order valence-electron chi connectivity index (χ4n) is 1.73. The number of halogens is 2.